The molecule has 3 heterocycles. The molecular weight excluding hydrogens is 272 g/mol. The third-order valence-electron chi connectivity index (χ3n) is 3.39. The van der Waals surface area contributed by atoms with Crippen molar-refractivity contribution in [3.63, 3.8) is 0 Å². The minimum atomic E-state index is 0.701. The maximum absolute atomic E-state index is 10.7. The quantitative estimate of drug-likeness (QED) is 0.801. The summed E-state index contributed by atoms with van der Waals surface area (Å²) >= 11 is 1.48. The Morgan fingerprint density at radius 3 is 2.70 bits per heavy atom. The molecule has 0 unspecified atom stereocenters. The van der Waals surface area contributed by atoms with E-state index in [0.717, 1.165) is 49.8 Å². The summed E-state index contributed by atoms with van der Waals surface area (Å²) in [7, 11) is 0. The molecule has 1 fully saturated rings. The molecule has 0 atom stereocenters. The van der Waals surface area contributed by atoms with Gasteiger partial charge in [-0.2, -0.15) is 0 Å². The van der Waals surface area contributed by atoms with Crippen LogP contribution < -0.4 is 4.90 Å². The summed E-state index contributed by atoms with van der Waals surface area (Å²) in [5.41, 5.74) is 0. The molecule has 2 aromatic rings. The van der Waals surface area contributed by atoms with Crippen LogP contribution in [0.3, 0.4) is 0 Å². The lowest BCUT2D eigenvalue weighted by atomic mass is 10.3. The van der Waals surface area contributed by atoms with Gasteiger partial charge in [0.25, 0.3) is 0 Å². The summed E-state index contributed by atoms with van der Waals surface area (Å²) in [6, 6.07) is 6.00. The predicted octanol–water partition coefficient (Wildman–Crippen LogP) is 1.67. The molecule has 3 rings (SSSR count). The normalized spacial score (nSPS) is 16.3. The Kier molecular flexibility index (Phi) is 4.03. The van der Waals surface area contributed by atoms with Crippen LogP contribution in [0.1, 0.15) is 14.7 Å². The van der Waals surface area contributed by atoms with Crippen molar-refractivity contribution in [2.24, 2.45) is 0 Å². The molecule has 20 heavy (non-hydrogen) atoms. The van der Waals surface area contributed by atoms with Gasteiger partial charge in [0.15, 0.2) is 6.29 Å². The lowest BCUT2D eigenvalue weighted by molar-refractivity contribution is 0.112. The van der Waals surface area contributed by atoms with Gasteiger partial charge in [-0.3, -0.25) is 9.69 Å². The topological polar surface area (TPSA) is 49.3 Å². The Labute approximate surface area is 121 Å². The number of aromatic nitrogens is 2. The van der Waals surface area contributed by atoms with Crippen LogP contribution in [0.25, 0.3) is 0 Å². The van der Waals surface area contributed by atoms with Gasteiger partial charge < -0.3 is 4.90 Å². The fourth-order valence-electron chi connectivity index (χ4n) is 2.32. The number of aldehydes is 1. The first kappa shape index (κ1) is 13.2. The van der Waals surface area contributed by atoms with Gasteiger partial charge in [-0.25, -0.2) is 9.97 Å². The van der Waals surface area contributed by atoms with Crippen LogP contribution in [-0.4, -0.2) is 47.3 Å². The maximum atomic E-state index is 10.7. The SMILES string of the molecule is O=Cc1cnc(CN2CCN(c3ccccn3)CC2)s1. The van der Waals surface area contributed by atoms with Gasteiger partial charge >= 0.3 is 0 Å². The molecule has 1 aliphatic heterocycles. The molecule has 0 spiro atoms. The number of hydrogen-bond donors (Lipinski definition) is 0. The third-order valence-corrected chi connectivity index (χ3v) is 4.30. The van der Waals surface area contributed by atoms with Gasteiger partial charge in [0.2, 0.25) is 0 Å². The summed E-state index contributed by atoms with van der Waals surface area (Å²) in [5, 5.41) is 1.01. The summed E-state index contributed by atoms with van der Waals surface area (Å²) < 4.78 is 0. The van der Waals surface area contributed by atoms with Crippen molar-refractivity contribution in [3.05, 3.63) is 40.5 Å². The molecule has 2 aromatic heterocycles. The first-order valence-electron chi connectivity index (χ1n) is 6.63. The van der Waals surface area contributed by atoms with Gasteiger partial charge in [0.1, 0.15) is 10.8 Å². The molecule has 0 radical (unpaired) electrons. The van der Waals surface area contributed by atoms with E-state index < -0.39 is 0 Å². The number of carbonyl (C=O) groups is 1. The van der Waals surface area contributed by atoms with Gasteiger partial charge in [-0.05, 0) is 12.1 Å². The van der Waals surface area contributed by atoms with Crippen molar-refractivity contribution in [2.45, 2.75) is 6.54 Å². The molecule has 6 heteroatoms. The first-order chi connectivity index (χ1) is 9.85. The zero-order chi connectivity index (χ0) is 13.8. The van der Waals surface area contributed by atoms with E-state index in [1.807, 2.05) is 24.4 Å². The highest BCUT2D eigenvalue weighted by Crippen LogP contribution is 2.16. The Morgan fingerprint density at radius 2 is 2.05 bits per heavy atom. The Hall–Kier alpha value is -1.79. The van der Waals surface area contributed by atoms with E-state index in [9.17, 15) is 4.79 Å². The second-order valence-electron chi connectivity index (χ2n) is 4.73. The monoisotopic (exact) mass is 288 g/mol. The van der Waals surface area contributed by atoms with Crippen LogP contribution >= 0.6 is 11.3 Å². The molecule has 0 aliphatic carbocycles. The number of piperazine rings is 1. The molecule has 0 N–H and O–H groups in total. The number of pyridine rings is 1. The van der Waals surface area contributed by atoms with Gasteiger partial charge in [-0.15, -0.1) is 11.3 Å². The molecule has 0 bridgehead atoms. The van der Waals surface area contributed by atoms with Crippen LogP contribution in [-0.2, 0) is 6.54 Å². The zero-order valence-electron chi connectivity index (χ0n) is 11.1. The van der Waals surface area contributed by atoms with Crippen LogP contribution in [0.2, 0.25) is 0 Å². The first-order valence-corrected chi connectivity index (χ1v) is 7.45. The van der Waals surface area contributed by atoms with Crippen molar-refractivity contribution >= 4 is 23.4 Å². The standard InChI is InChI=1S/C14H16N4OS/c19-11-12-9-16-14(20-12)10-17-5-7-18(8-6-17)13-3-1-2-4-15-13/h1-4,9,11H,5-8,10H2. The van der Waals surface area contributed by atoms with Crippen LogP contribution in [0.15, 0.2) is 30.6 Å². The van der Waals surface area contributed by atoms with Gasteiger partial charge in [0.05, 0.1) is 11.4 Å². The number of nitrogens with zero attached hydrogens (tertiary/aromatic N) is 4. The smallest absolute Gasteiger partial charge is 0.161 e. The molecule has 1 aliphatic rings. The summed E-state index contributed by atoms with van der Waals surface area (Å²) in [6.45, 7) is 4.76. The lowest BCUT2D eigenvalue weighted by Crippen LogP contribution is -2.46. The van der Waals surface area contributed by atoms with E-state index in [2.05, 4.69) is 19.8 Å². The van der Waals surface area contributed by atoms with Crippen LogP contribution in [0.5, 0.6) is 0 Å². The summed E-state index contributed by atoms with van der Waals surface area (Å²) in [5.74, 6) is 1.05. The van der Waals surface area contributed by atoms with Crippen molar-refractivity contribution in [2.75, 3.05) is 31.1 Å². The Morgan fingerprint density at radius 1 is 1.20 bits per heavy atom. The van der Waals surface area contributed by atoms with E-state index >= 15 is 0 Å². The number of carbonyl (C=O) groups excluding carboxylic acids is 1. The highest BCUT2D eigenvalue weighted by atomic mass is 32.1. The predicted molar refractivity (Wildman–Crippen MR) is 79.2 cm³/mol. The molecule has 0 saturated carbocycles. The highest BCUT2D eigenvalue weighted by molar-refractivity contribution is 7.13. The van der Waals surface area contributed by atoms with Crippen molar-refractivity contribution in [1.82, 2.24) is 14.9 Å². The fourth-order valence-corrected chi connectivity index (χ4v) is 3.10. The van der Waals surface area contributed by atoms with E-state index in [0.29, 0.717) is 4.88 Å². The molecule has 0 aromatic carbocycles. The second kappa shape index (κ2) is 6.11. The lowest BCUT2D eigenvalue weighted by Gasteiger charge is -2.34. The number of anilines is 1. The molecule has 104 valence electrons. The second-order valence-corrected chi connectivity index (χ2v) is 5.87. The molecule has 5 nitrogen and oxygen atoms in total. The summed E-state index contributed by atoms with van der Waals surface area (Å²) in [6.07, 6.45) is 4.34. The van der Waals surface area contributed by atoms with Gasteiger partial charge in [-0.1, -0.05) is 6.07 Å². The average molecular weight is 288 g/mol. The Balaban J connectivity index is 1.55. The van der Waals surface area contributed by atoms with E-state index in [1.165, 1.54) is 11.3 Å². The minimum absolute atomic E-state index is 0.701. The third kappa shape index (κ3) is 3.02. The van der Waals surface area contributed by atoms with E-state index in [4.69, 9.17) is 0 Å². The number of thiazole rings is 1. The minimum Gasteiger partial charge on any atom is -0.354 e. The average Bonchev–Trinajstić information content (AvgIpc) is 2.97. The van der Waals surface area contributed by atoms with E-state index in [-0.39, 0.29) is 0 Å². The summed E-state index contributed by atoms with van der Waals surface area (Å²) in [4.78, 5) is 24.7. The molecular formula is C14H16N4OS. The molecule has 1 saturated heterocycles. The highest BCUT2D eigenvalue weighted by Gasteiger charge is 2.18. The van der Waals surface area contributed by atoms with Gasteiger partial charge in [0, 0.05) is 38.6 Å². The number of hydrogen-bond acceptors (Lipinski definition) is 6. The van der Waals surface area contributed by atoms with E-state index in [1.54, 1.807) is 6.20 Å². The molecule has 0 amide bonds. The van der Waals surface area contributed by atoms with Crippen LogP contribution in [0.4, 0.5) is 5.82 Å². The van der Waals surface area contributed by atoms with Crippen molar-refractivity contribution in [3.8, 4) is 0 Å². The van der Waals surface area contributed by atoms with Crippen molar-refractivity contribution in [1.29, 1.82) is 0 Å². The zero-order valence-corrected chi connectivity index (χ0v) is 11.9. The number of rotatable bonds is 4. The van der Waals surface area contributed by atoms with Crippen LogP contribution in [0, 0.1) is 0 Å². The fraction of sp³-hybridized carbons (Fsp3) is 0.357. The largest absolute Gasteiger partial charge is 0.354 e. The van der Waals surface area contributed by atoms with Crippen molar-refractivity contribution < 1.29 is 4.79 Å². The Bertz CT molecular complexity index is 564. The maximum Gasteiger partial charge on any atom is 0.161 e.